The van der Waals surface area contributed by atoms with Crippen LogP contribution in [-0.4, -0.2) is 35.3 Å². The van der Waals surface area contributed by atoms with Gasteiger partial charge in [-0.05, 0) is 36.2 Å². The molecule has 2 aromatic carbocycles. The molecule has 3 rings (SSSR count). The highest BCUT2D eigenvalue weighted by Gasteiger charge is 2.13. The first kappa shape index (κ1) is 18.4. The Hall–Kier alpha value is -3.42. The average Bonchev–Trinajstić information content (AvgIpc) is 3.15. The minimum atomic E-state index is -0.301. The molecule has 0 aliphatic heterocycles. The van der Waals surface area contributed by atoms with E-state index in [1.165, 1.54) is 12.1 Å². The number of nitrogens with zero attached hydrogens (tertiary/aromatic N) is 2. The Morgan fingerprint density at radius 3 is 2.63 bits per heavy atom. The summed E-state index contributed by atoms with van der Waals surface area (Å²) in [5.41, 5.74) is 1.57. The van der Waals surface area contributed by atoms with Gasteiger partial charge in [0.25, 0.3) is 0 Å². The maximum absolute atomic E-state index is 12.9. The molecule has 1 aromatic heterocycles. The molecule has 0 aliphatic carbocycles. The number of amides is 1. The van der Waals surface area contributed by atoms with Gasteiger partial charge in [0.05, 0.1) is 19.8 Å². The molecule has 1 amide bonds. The van der Waals surface area contributed by atoms with Crippen molar-refractivity contribution in [2.24, 2.45) is 0 Å². The summed E-state index contributed by atoms with van der Waals surface area (Å²) in [6.45, 7) is 0. The van der Waals surface area contributed by atoms with E-state index in [4.69, 9.17) is 9.47 Å². The molecule has 8 heteroatoms. The van der Waals surface area contributed by atoms with Gasteiger partial charge in [0.15, 0.2) is 5.82 Å². The predicted octanol–water partition coefficient (Wildman–Crippen LogP) is 3.20. The summed E-state index contributed by atoms with van der Waals surface area (Å²) in [6.07, 6.45) is 0.733. The maximum atomic E-state index is 12.9. The zero-order valence-corrected chi connectivity index (χ0v) is 15.0. The second-order valence-corrected chi connectivity index (χ2v) is 5.75. The molecule has 0 radical (unpaired) electrons. The molecule has 140 valence electrons. The monoisotopic (exact) mass is 370 g/mol. The maximum Gasteiger partial charge on any atom is 0.249 e. The van der Waals surface area contributed by atoms with E-state index in [9.17, 15) is 9.18 Å². The number of ether oxygens (including phenoxy) is 2. The molecule has 0 saturated carbocycles. The summed E-state index contributed by atoms with van der Waals surface area (Å²) in [5, 5.41) is 9.44. The molecule has 1 heterocycles. The number of carbonyl (C=O) groups is 1. The first-order valence-corrected chi connectivity index (χ1v) is 8.28. The SMILES string of the molecule is COc1ccc(-c2nc(NC(=O)CCc3ccc(F)cc3)n[nH]2)c(OC)c1. The summed E-state index contributed by atoms with van der Waals surface area (Å²) in [4.78, 5) is 16.4. The molecule has 0 unspecified atom stereocenters. The Kier molecular flexibility index (Phi) is 5.65. The van der Waals surface area contributed by atoms with Crippen LogP contribution in [0.2, 0.25) is 0 Å². The molecule has 0 aliphatic rings. The van der Waals surface area contributed by atoms with Crippen LogP contribution < -0.4 is 14.8 Å². The summed E-state index contributed by atoms with van der Waals surface area (Å²) >= 11 is 0. The third kappa shape index (κ3) is 4.60. The molecule has 0 fully saturated rings. The smallest absolute Gasteiger partial charge is 0.249 e. The number of methoxy groups -OCH3 is 2. The second-order valence-electron chi connectivity index (χ2n) is 5.75. The van der Waals surface area contributed by atoms with Crippen molar-refractivity contribution in [3.05, 3.63) is 53.8 Å². The van der Waals surface area contributed by atoms with E-state index >= 15 is 0 Å². The van der Waals surface area contributed by atoms with Gasteiger partial charge in [-0.1, -0.05) is 12.1 Å². The molecule has 2 N–H and O–H groups in total. The van der Waals surface area contributed by atoms with Crippen LogP contribution in [0.1, 0.15) is 12.0 Å². The summed E-state index contributed by atoms with van der Waals surface area (Å²) in [6, 6.07) is 11.4. The van der Waals surface area contributed by atoms with Crippen LogP contribution in [0, 0.1) is 5.82 Å². The Balaban J connectivity index is 1.63. The number of carbonyl (C=O) groups excluding carboxylic acids is 1. The number of benzene rings is 2. The zero-order valence-electron chi connectivity index (χ0n) is 15.0. The number of halogens is 1. The van der Waals surface area contributed by atoms with E-state index in [0.29, 0.717) is 29.3 Å². The van der Waals surface area contributed by atoms with Crippen molar-refractivity contribution >= 4 is 11.9 Å². The number of aromatic nitrogens is 3. The van der Waals surface area contributed by atoms with Crippen LogP contribution in [0.15, 0.2) is 42.5 Å². The van der Waals surface area contributed by atoms with Gasteiger partial charge in [-0.15, -0.1) is 5.10 Å². The van der Waals surface area contributed by atoms with Crippen molar-refractivity contribution in [2.45, 2.75) is 12.8 Å². The lowest BCUT2D eigenvalue weighted by molar-refractivity contribution is -0.116. The number of hydrogen-bond acceptors (Lipinski definition) is 5. The normalized spacial score (nSPS) is 10.5. The van der Waals surface area contributed by atoms with Crippen molar-refractivity contribution in [3.63, 3.8) is 0 Å². The highest BCUT2D eigenvalue weighted by Crippen LogP contribution is 2.31. The van der Waals surface area contributed by atoms with Crippen molar-refractivity contribution in [1.82, 2.24) is 15.2 Å². The Morgan fingerprint density at radius 2 is 1.93 bits per heavy atom. The number of H-pyrrole nitrogens is 1. The Labute approximate surface area is 155 Å². The summed E-state index contributed by atoms with van der Waals surface area (Å²) in [5.74, 6) is 1.33. The van der Waals surface area contributed by atoms with E-state index < -0.39 is 0 Å². The van der Waals surface area contributed by atoms with E-state index in [-0.39, 0.29) is 24.1 Å². The third-order valence-corrected chi connectivity index (χ3v) is 3.95. The average molecular weight is 370 g/mol. The quantitative estimate of drug-likeness (QED) is 0.667. The first-order chi connectivity index (χ1) is 13.1. The van der Waals surface area contributed by atoms with E-state index in [1.807, 2.05) is 0 Å². The van der Waals surface area contributed by atoms with Gasteiger partial charge in [0.2, 0.25) is 11.9 Å². The number of aryl methyl sites for hydroxylation is 1. The van der Waals surface area contributed by atoms with Crippen LogP contribution in [0.5, 0.6) is 11.5 Å². The highest BCUT2D eigenvalue weighted by atomic mass is 19.1. The fraction of sp³-hybridized carbons (Fsp3) is 0.211. The van der Waals surface area contributed by atoms with Gasteiger partial charge in [0.1, 0.15) is 17.3 Å². The zero-order chi connectivity index (χ0) is 19.2. The number of aromatic amines is 1. The van der Waals surface area contributed by atoms with Gasteiger partial charge in [-0.2, -0.15) is 4.98 Å². The van der Waals surface area contributed by atoms with Crippen LogP contribution >= 0.6 is 0 Å². The van der Waals surface area contributed by atoms with Gasteiger partial charge in [0, 0.05) is 12.5 Å². The molecular formula is C19H19FN4O3. The standard InChI is InChI=1S/C19H19FN4O3/c1-26-14-8-9-15(16(11-14)27-2)18-22-19(24-23-18)21-17(25)10-5-12-3-6-13(20)7-4-12/h3-4,6-9,11H,5,10H2,1-2H3,(H2,21,22,23,24,25). The van der Waals surface area contributed by atoms with Gasteiger partial charge < -0.3 is 9.47 Å². The third-order valence-electron chi connectivity index (χ3n) is 3.95. The second kappa shape index (κ2) is 8.31. The highest BCUT2D eigenvalue weighted by molar-refractivity contribution is 5.89. The van der Waals surface area contributed by atoms with Crippen LogP contribution in [0.3, 0.4) is 0 Å². The lowest BCUT2D eigenvalue weighted by Crippen LogP contribution is -2.13. The van der Waals surface area contributed by atoms with Gasteiger partial charge >= 0.3 is 0 Å². The molecule has 3 aromatic rings. The van der Waals surface area contributed by atoms with Crippen LogP contribution in [-0.2, 0) is 11.2 Å². The van der Waals surface area contributed by atoms with Gasteiger partial charge in [-0.25, -0.2) is 4.39 Å². The summed E-state index contributed by atoms with van der Waals surface area (Å²) in [7, 11) is 3.12. The fourth-order valence-electron chi connectivity index (χ4n) is 2.53. The number of hydrogen-bond donors (Lipinski definition) is 2. The van der Waals surface area contributed by atoms with E-state index in [0.717, 1.165) is 5.56 Å². The van der Waals surface area contributed by atoms with Crippen molar-refractivity contribution in [2.75, 3.05) is 19.5 Å². The first-order valence-electron chi connectivity index (χ1n) is 8.28. The van der Waals surface area contributed by atoms with Crippen LogP contribution in [0.25, 0.3) is 11.4 Å². The number of anilines is 1. The van der Waals surface area contributed by atoms with Gasteiger partial charge in [-0.3, -0.25) is 15.2 Å². The van der Waals surface area contributed by atoms with E-state index in [2.05, 4.69) is 20.5 Å². The minimum absolute atomic E-state index is 0.173. The largest absolute Gasteiger partial charge is 0.497 e. The van der Waals surface area contributed by atoms with Crippen molar-refractivity contribution in [3.8, 4) is 22.9 Å². The van der Waals surface area contributed by atoms with Crippen LogP contribution in [0.4, 0.5) is 10.3 Å². The molecule has 0 bridgehead atoms. The van der Waals surface area contributed by atoms with E-state index in [1.54, 1.807) is 44.6 Å². The fourth-order valence-corrected chi connectivity index (χ4v) is 2.53. The number of rotatable bonds is 7. The predicted molar refractivity (Wildman–Crippen MR) is 98.3 cm³/mol. The molecule has 0 atom stereocenters. The Morgan fingerprint density at radius 1 is 1.15 bits per heavy atom. The molecular weight excluding hydrogens is 351 g/mol. The summed E-state index contributed by atoms with van der Waals surface area (Å²) < 4.78 is 23.4. The molecule has 0 saturated heterocycles. The van der Waals surface area contributed by atoms with Crippen molar-refractivity contribution < 1.29 is 18.7 Å². The lowest BCUT2D eigenvalue weighted by Gasteiger charge is -2.07. The lowest BCUT2D eigenvalue weighted by atomic mass is 10.1. The Bertz CT molecular complexity index is 925. The molecule has 27 heavy (non-hydrogen) atoms. The molecule has 7 nitrogen and oxygen atoms in total. The molecule has 0 spiro atoms. The number of nitrogens with one attached hydrogen (secondary N) is 2. The topological polar surface area (TPSA) is 89.1 Å². The minimum Gasteiger partial charge on any atom is -0.497 e. The van der Waals surface area contributed by atoms with Crippen molar-refractivity contribution in [1.29, 1.82) is 0 Å².